The van der Waals surface area contributed by atoms with Crippen molar-refractivity contribution in [1.29, 1.82) is 0 Å². The van der Waals surface area contributed by atoms with Crippen LogP contribution in [0.1, 0.15) is 31.8 Å². The lowest BCUT2D eigenvalue weighted by Crippen LogP contribution is -2.24. The lowest BCUT2D eigenvalue weighted by atomic mass is 10.3. The number of thiophene rings is 1. The zero-order valence-electron chi connectivity index (χ0n) is 10.8. The van der Waals surface area contributed by atoms with Crippen LogP contribution in [0.2, 0.25) is 0 Å². The van der Waals surface area contributed by atoms with Gasteiger partial charge in [0.15, 0.2) is 5.00 Å². The van der Waals surface area contributed by atoms with Gasteiger partial charge in [0.05, 0.1) is 11.0 Å². The van der Waals surface area contributed by atoms with E-state index in [4.69, 9.17) is 0 Å². The number of likely N-dealkylation sites (N-methyl/N-ethyl adjacent to an activating group) is 1. The number of hydrogen-bond donors (Lipinski definition) is 1. The molecule has 0 aliphatic heterocycles. The quantitative estimate of drug-likeness (QED) is 0.490. The molecule has 6 heteroatoms. The van der Waals surface area contributed by atoms with Crippen LogP contribution in [0.3, 0.4) is 0 Å². The topological polar surface area (TPSA) is 66.6 Å². The van der Waals surface area contributed by atoms with E-state index in [1.165, 1.54) is 17.4 Å². The Morgan fingerprint density at radius 2 is 2.33 bits per heavy atom. The second-order valence-corrected chi connectivity index (χ2v) is 5.31. The lowest BCUT2D eigenvalue weighted by Gasteiger charge is -2.20. The van der Waals surface area contributed by atoms with E-state index in [2.05, 4.69) is 6.58 Å². The molecule has 5 nitrogen and oxygen atoms in total. The summed E-state index contributed by atoms with van der Waals surface area (Å²) in [5.41, 5.74) is 0.997. The van der Waals surface area contributed by atoms with Crippen molar-refractivity contribution in [3.63, 3.8) is 0 Å². The molecule has 0 bridgehead atoms. The summed E-state index contributed by atoms with van der Waals surface area (Å²) in [5.74, 6) is 0. The second kappa shape index (κ2) is 5.97. The van der Waals surface area contributed by atoms with E-state index in [1.807, 2.05) is 18.7 Å². The highest BCUT2D eigenvalue weighted by Gasteiger charge is 2.24. The van der Waals surface area contributed by atoms with Gasteiger partial charge in [-0.25, -0.2) is 0 Å². The van der Waals surface area contributed by atoms with Crippen LogP contribution >= 0.6 is 11.3 Å². The van der Waals surface area contributed by atoms with Crippen molar-refractivity contribution >= 4 is 22.0 Å². The molecule has 1 N–H and O–H groups in total. The van der Waals surface area contributed by atoms with E-state index >= 15 is 0 Å². The van der Waals surface area contributed by atoms with Crippen LogP contribution in [-0.4, -0.2) is 23.1 Å². The number of anilines is 1. The smallest absolute Gasteiger partial charge is 0.304 e. The van der Waals surface area contributed by atoms with Gasteiger partial charge in [0.2, 0.25) is 0 Å². The Morgan fingerprint density at radius 3 is 2.72 bits per heavy atom. The zero-order valence-corrected chi connectivity index (χ0v) is 11.7. The van der Waals surface area contributed by atoms with Crippen LogP contribution < -0.4 is 4.90 Å². The predicted molar refractivity (Wildman–Crippen MR) is 74.3 cm³/mol. The van der Waals surface area contributed by atoms with Crippen LogP contribution in [0.4, 0.5) is 10.7 Å². The van der Waals surface area contributed by atoms with Gasteiger partial charge in [-0.3, -0.25) is 10.1 Å². The molecule has 0 spiro atoms. The van der Waals surface area contributed by atoms with Gasteiger partial charge in [-0.1, -0.05) is 12.2 Å². The van der Waals surface area contributed by atoms with E-state index in [-0.39, 0.29) is 5.69 Å². The molecule has 100 valence electrons. The molecule has 1 heterocycles. The maximum atomic E-state index is 11.0. The Morgan fingerprint density at radius 1 is 1.72 bits per heavy atom. The van der Waals surface area contributed by atoms with Gasteiger partial charge in [-0.15, -0.1) is 11.3 Å². The van der Waals surface area contributed by atoms with E-state index in [9.17, 15) is 15.2 Å². The zero-order chi connectivity index (χ0) is 13.9. The van der Waals surface area contributed by atoms with Crippen molar-refractivity contribution in [1.82, 2.24) is 0 Å². The third-order valence-electron chi connectivity index (χ3n) is 2.45. The van der Waals surface area contributed by atoms with Crippen molar-refractivity contribution in [2.75, 3.05) is 18.0 Å². The van der Waals surface area contributed by atoms with Gasteiger partial charge >= 0.3 is 5.69 Å². The molecule has 0 aliphatic rings. The Bertz CT molecular complexity index is 454. The molecule has 0 radical (unpaired) electrons. The van der Waals surface area contributed by atoms with Crippen molar-refractivity contribution in [2.45, 2.75) is 26.9 Å². The van der Waals surface area contributed by atoms with Crippen molar-refractivity contribution < 1.29 is 10.0 Å². The molecular weight excluding hydrogens is 252 g/mol. The second-order valence-electron chi connectivity index (χ2n) is 4.24. The molecule has 1 rings (SSSR count). The largest absolute Gasteiger partial charge is 0.388 e. The third kappa shape index (κ3) is 3.30. The first-order valence-electron chi connectivity index (χ1n) is 5.72. The molecule has 0 aliphatic carbocycles. The van der Waals surface area contributed by atoms with Crippen LogP contribution in [-0.2, 0) is 0 Å². The van der Waals surface area contributed by atoms with Gasteiger partial charge in [0, 0.05) is 24.0 Å². The minimum Gasteiger partial charge on any atom is -0.388 e. The standard InChI is InChI=1S/C12H18N2O3S/c1-5-13(7-8(2)3)12-10(14(16)17)6-11(18-12)9(4)15/h6,9,15H,2,5,7H2,1,3-4H3/t9-/m1/s1. The number of rotatable bonds is 6. The molecule has 0 saturated carbocycles. The average Bonchev–Trinajstić information content (AvgIpc) is 2.70. The first-order chi connectivity index (χ1) is 8.36. The predicted octanol–water partition coefficient (Wildman–Crippen LogP) is 3.11. The Balaban J connectivity index is 3.18. The molecule has 1 atom stereocenters. The summed E-state index contributed by atoms with van der Waals surface area (Å²) in [6.07, 6.45) is -0.689. The summed E-state index contributed by atoms with van der Waals surface area (Å²) in [6, 6.07) is 1.45. The number of hydrogen-bond acceptors (Lipinski definition) is 5. The van der Waals surface area contributed by atoms with E-state index < -0.39 is 11.0 Å². The fraction of sp³-hybridized carbons (Fsp3) is 0.500. The molecule has 0 amide bonds. The molecule has 0 aromatic carbocycles. The molecule has 0 fully saturated rings. The number of nitro groups is 1. The van der Waals surface area contributed by atoms with Crippen LogP contribution in [0, 0.1) is 10.1 Å². The average molecular weight is 270 g/mol. The van der Waals surface area contributed by atoms with Crippen LogP contribution in [0.5, 0.6) is 0 Å². The maximum Gasteiger partial charge on any atom is 0.304 e. The summed E-state index contributed by atoms with van der Waals surface area (Å²) >= 11 is 1.26. The van der Waals surface area contributed by atoms with Gasteiger partial charge in [-0.05, 0) is 20.8 Å². The van der Waals surface area contributed by atoms with Crippen molar-refractivity contribution in [2.24, 2.45) is 0 Å². The van der Waals surface area contributed by atoms with E-state index in [0.717, 1.165) is 5.57 Å². The van der Waals surface area contributed by atoms with Gasteiger partial charge in [0.1, 0.15) is 0 Å². The molecular formula is C12H18N2O3S. The van der Waals surface area contributed by atoms with Crippen molar-refractivity contribution in [3.8, 4) is 0 Å². The summed E-state index contributed by atoms with van der Waals surface area (Å²) in [5, 5.41) is 21.2. The van der Waals surface area contributed by atoms with E-state index in [1.54, 1.807) is 6.92 Å². The maximum absolute atomic E-state index is 11.0. The summed E-state index contributed by atoms with van der Waals surface area (Å²) in [4.78, 5) is 13.1. The number of nitrogens with zero attached hydrogens (tertiary/aromatic N) is 2. The van der Waals surface area contributed by atoms with Crippen LogP contribution in [0.15, 0.2) is 18.2 Å². The monoisotopic (exact) mass is 270 g/mol. The normalized spacial score (nSPS) is 12.2. The molecule has 0 unspecified atom stereocenters. The third-order valence-corrected chi connectivity index (χ3v) is 3.81. The molecule has 1 aromatic heterocycles. The highest BCUT2D eigenvalue weighted by molar-refractivity contribution is 7.16. The van der Waals surface area contributed by atoms with E-state index in [0.29, 0.717) is 23.0 Å². The molecule has 0 saturated heterocycles. The Kier molecular flexibility index (Phi) is 4.86. The first kappa shape index (κ1) is 14.7. The minimum atomic E-state index is -0.689. The van der Waals surface area contributed by atoms with Gasteiger partial charge in [-0.2, -0.15) is 0 Å². The number of aliphatic hydroxyl groups is 1. The Hall–Kier alpha value is -1.40. The molecule has 1 aromatic rings. The highest BCUT2D eigenvalue weighted by atomic mass is 32.1. The van der Waals surface area contributed by atoms with Gasteiger partial charge in [0.25, 0.3) is 0 Å². The van der Waals surface area contributed by atoms with Gasteiger partial charge < -0.3 is 10.0 Å². The Labute approximate surface area is 111 Å². The fourth-order valence-electron chi connectivity index (χ4n) is 1.61. The summed E-state index contributed by atoms with van der Waals surface area (Å²) < 4.78 is 0. The minimum absolute atomic E-state index is 0.0546. The first-order valence-corrected chi connectivity index (χ1v) is 6.54. The highest BCUT2D eigenvalue weighted by Crippen LogP contribution is 2.40. The van der Waals surface area contributed by atoms with Crippen molar-refractivity contribution in [3.05, 3.63) is 33.2 Å². The lowest BCUT2D eigenvalue weighted by molar-refractivity contribution is -0.383. The molecule has 18 heavy (non-hydrogen) atoms. The fourth-order valence-corrected chi connectivity index (χ4v) is 2.73. The summed E-state index contributed by atoms with van der Waals surface area (Å²) in [7, 11) is 0. The number of aliphatic hydroxyl groups excluding tert-OH is 1. The SMILES string of the molecule is C=C(C)CN(CC)c1sc([C@@H](C)O)cc1[N+](=O)[O-]. The van der Waals surface area contributed by atoms with Crippen LogP contribution in [0.25, 0.3) is 0 Å². The summed E-state index contributed by atoms with van der Waals surface area (Å²) in [6.45, 7) is 10.5.